The predicted octanol–water partition coefficient (Wildman–Crippen LogP) is 2.47. The van der Waals surface area contributed by atoms with Crippen LogP contribution in [0, 0.1) is 0 Å². The number of benzene rings is 1. The van der Waals surface area contributed by atoms with Gasteiger partial charge in [0, 0.05) is 5.56 Å². The number of nitrogens with two attached hydrogens (primary N) is 1. The molecule has 1 heterocycles. The van der Waals surface area contributed by atoms with Gasteiger partial charge in [-0.3, -0.25) is 4.79 Å². The van der Waals surface area contributed by atoms with Crippen molar-refractivity contribution < 1.29 is 29.3 Å². The van der Waals surface area contributed by atoms with Crippen LogP contribution in [0.25, 0.3) is 11.1 Å². The zero-order chi connectivity index (χ0) is 20.5. The Kier molecular flexibility index (Phi) is 5.65. The molecule has 9 nitrogen and oxygen atoms in total. The van der Waals surface area contributed by atoms with Crippen LogP contribution in [0.4, 0.5) is 5.82 Å². The Bertz CT molecular complexity index is 982. The smallest absolute Gasteiger partial charge is 0.342 e. The predicted molar refractivity (Wildman–Crippen MR) is 98.2 cm³/mol. The maximum absolute atomic E-state index is 12.1. The molecule has 0 saturated heterocycles. The van der Waals surface area contributed by atoms with Crippen LogP contribution in [-0.2, 0) is 0 Å². The number of pyridine rings is 1. The maximum Gasteiger partial charge on any atom is 0.342 e. The number of nitrogen functional groups attached to an aromatic ring is 1. The summed E-state index contributed by atoms with van der Waals surface area (Å²) < 4.78 is 10.8. The monoisotopic (exact) mass is 396 g/mol. The van der Waals surface area contributed by atoms with E-state index in [1.165, 1.54) is 19.2 Å². The molecule has 0 bridgehead atoms. The number of carboxylic acid groups (broad SMARTS) is 2. The van der Waals surface area contributed by atoms with Crippen LogP contribution in [0.2, 0.25) is 5.02 Å². The minimum absolute atomic E-state index is 0.0283. The summed E-state index contributed by atoms with van der Waals surface area (Å²) in [7, 11) is 1.34. The first-order valence-corrected chi connectivity index (χ1v) is 8.03. The average molecular weight is 397 g/mol. The fraction of sp³-hybridized carbons (Fsp3) is 0.235. The van der Waals surface area contributed by atoms with E-state index in [1.54, 1.807) is 13.8 Å². The highest BCUT2D eigenvalue weighted by atomic mass is 35.5. The van der Waals surface area contributed by atoms with Crippen molar-refractivity contribution in [2.75, 3.05) is 12.8 Å². The molecule has 0 aliphatic rings. The normalized spacial score (nSPS) is 10.7. The van der Waals surface area contributed by atoms with Gasteiger partial charge in [0.1, 0.15) is 16.9 Å². The number of rotatable bonds is 6. The van der Waals surface area contributed by atoms with E-state index in [2.05, 4.69) is 0 Å². The van der Waals surface area contributed by atoms with Crippen LogP contribution in [-0.4, -0.2) is 40.3 Å². The largest absolute Gasteiger partial charge is 0.493 e. The number of hydrogen-bond acceptors (Lipinski definition) is 6. The molecule has 144 valence electrons. The standard InChI is InChI=1S/C17H17ClN2O7/c1-6(2)27-13-8(18)4-7(5-9(13)26-3)10-11(16(22)23)14(19)20-15(21)12(10)17(24)25/h4-6H,1-3H3,(H,22,23)(H,24,25)(H3,19,20,21). The summed E-state index contributed by atoms with van der Waals surface area (Å²) in [5.41, 5.74) is 2.87. The highest BCUT2D eigenvalue weighted by molar-refractivity contribution is 6.32. The molecule has 0 fully saturated rings. The summed E-state index contributed by atoms with van der Waals surface area (Å²) in [4.78, 5) is 37.4. The van der Waals surface area contributed by atoms with Crippen LogP contribution in [0.5, 0.6) is 11.5 Å². The minimum atomic E-state index is -1.62. The number of H-pyrrole nitrogens is 1. The van der Waals surface area contributed by atoms with Crippen molar-refractivity contribution in [3.05, 3.63) is 38.6 Å². The summed E-state index contributed by atoms with van der Waals surface area (Å²) in [6.07, 6.45) is -0.235. The molecule has 0 amide bonds. The van der Waals surface area contributed by atoms with Crippen molar-refractivity contribution >= 4 is 29.4 Å². The molecule has 27 heavy (non-hydrogen) atoms. The number of halogens is 1. The Labute approximate surface area is 158 Å². The highest BCUT2D eigenvalue weighted by Crippen LogP contribution is 2.41. The lowest BCUT2D eigenvalue weighted by Crippen LogP contribution is -2.24. The zero-order valence-corrected chi connectivity index (χ0v) is 15.4. The molecule has 2 rings (SSSR count). The van der Waals surface area contributed by atoms with E-state index in [0.717, 1.165) is 0 Å². The number of methoxy groups -OCH3 is 1. The van der Waals surface area contributed by atoms with E-state index in [4.69, 9.17) is 26.8 Å². The minimum Gasteiger partial charge on any atom is -0.493 e. The molecule has 0 unspecified atom stereocenters. The molecule has 5 N–H and O–H groups in total. The summed E-state index contributed by atoms with van der Waals surface area (Å²) in [5.74, 6) is -3.28. The summed E-state index contributed by atoms with van der Waals surface area (Å²) in [6.45, 7) is 3.54. The van der Waals surface area contributed by atoms with E-state index >= 15 is 0 Å². The van der Waals surface area contributed by atoms with E-state index in [-0.39, 0.29) is 33.8 Å². The van der Waals surface area contributed by atoms with Crippen LogP contribution < -0.4 is 20.8 Å². The van der Waals surface area contributed by atoms with Gasteiger partial charge >= 0.3 is 11.9 Å². The maximum atomic E-state index is 12.1. The molecular formula is C17H17ClN2O7. The van der Waals surface area contributed by atoms with E-state index in [9.17, 15) is 24.6 Å². The Hall–Kier alpha value is -3.20. The average Bonchev–Trinajstić information content (AvgIpc) is 2.54. The quantitative estimate of drug-likeness (QED) is 0.581. The van der Waals surface area contributed by atoms with E-state index < -0.39 is 34.4 Å². The first-order chi connectivity index (χ1) is 12.6. The molecule has 1 aromatic carbocycles. The Balaban J connectivity index is 2.93. The number of aromatic amines is 1. The SMILES string of the molecule is COc1cc(-c2c(C(=O)O)c(N)[nH]c(=O)c2C(=O)O)cc(Cl)c1OC(C)C. The number of aromatic carboxylic acids is 2. The highest BCUT2D eigenvalue weighted by Gasteiger charge is 2.28. The summed E-state index contributed by atoms with van der Waals surface area (Å²) in [6, 6.07) is 2.62. The number of aromatic nitrogens is 1. The van der Waals surface area contributed by atoms with Crippen molar-refractivity contribution in [1.29, 1.82) is 0 Å². The Morgan fingerprint density at radius 3 is 2.26 bits per heavy atom. The zero-order valence-electron chi connectivity index (χ0n) is 14.6. The van der Waals surface area contributed by atoms with Crippen LogP contribution in [0.3, 0.4) is 0 Å². The Morgan fingerprint density at radius 1 is 1.19 bits per heavy atom. The molecular weight excluding hydrogens is 380 g/mol. The topological polar surface area (TPSA) is 152 Å². The van der Waals surface area contributed by atoms with Gasteiger partial charge in [-0.15, -0.1) is 0 Å². The molecule has 0 aliphatic heterocycles. The fourth-order valence-electron chi connectivity index (χ4n) is 2.55. The fourth-order valence-corrected chi connectivity index (χ4v) is 2.80. The van der Waals surface area contributed by atoms with Crippen LogP contribution in [0.15, 0.2) is 16.9 Å². The number of nitrogens with one attached hydrogen (secondary N) is 1. The van der Waals surface area contributed by atoms with Gasteiger partial charge in [-0.2, -0.15) is 0 Å². The second-order valence-corrected chi connectivity index (χ2v) is 6.17. The number of ether oxygens (including phenoxy) is 2. The summed E-state index contributed by atoms with van der Waals surface area (Å²) in [5, 5.41) is 19.0. The van der Waals surface area contributed by atoms with Gasteiger partial charge in [0.2, 0.25) is 0 Å². The number of carbonyl (C=O) groups is 2. The van der Waals surface area contributed by atoms with Gasteiger partial charge in [0.15, 0.2) is 11.5 Å². The van der Waals surface area contributed by atoms with E-state index in [0.29, 0.717) is 0 Å². The van der Waals surface area contributed by atoms with E-state index in [1.807, 2.05) is 4.98 Å². The lowest BCUT2D eigenvalue weighted by Gasteiger charge is -2.18. The first-order valence-electron chi connectivity index (χ1n) is 7.65. The number of carboxylic acids is 2. The second kappa shape index (κ2) is 7.58. The molecule has 0 radical (unpaired) electrons. The van der Waals surface area contributed by atoms with Crippen molar-refractivity contribution in [3.8, 4) is 22.6 Å². The molecule has 0 atom stereocenters. The van der Waals surface area contributed by atoms with Gasteiger partial charge in [-0.1, -0.05) is 11.6 Å². The number of hydrogen-bond donors (Lipinski definition) is 4. The molecule has 10 heteroatoms. The van der Waals surface area contributed by atoms with Gasteiger partial charge in [0.25, 0.3) is 5.56 Å². The van der Waals surface area contributed by atoms with Crippen molar-refractivity contribution in [2.24, 2.45) is 0 Å². The van der Waals surface area contributed by atoms with Gasteiger partial charge in [-0.05, 0) is 31.5 Å². The third-order valence-corrected chi connectivity index (χ3v) is 3.82. The molecule has 0 saturated carbocycles. The lowest BCUT2D eigenvalue weighted by molar-refractivity contribution is 0.0695. The van der Waals surface area contributed by atoms with Crippen LogP contribution >= 0.6 is 11.6 Å². The second-order valence-electron chi connectivity index (χ2n) is 5.76. The first kappa shape index (κ1) is 20.1. The van der Waals surface area contributed by atoms with Crippen LogP contribution in [0.1, 0.15) is 34.6 Å². The molecule has 0 aliphatic carbocycles. The molecule has 1 aromatic heterocycles. The molecule has 2 aromatic rings. The lowest BCUT2D eigenvalue weighted by atomic mass is 9.95. The number of anilines is 1. The third kappa shape index (κ3) is 3.82. The third-order valence-electron chi connectivity index (χ3n) is 3.54. The van der Waals surface area contributed by atoms with Crippen molar-refractivity contribution in [3.63, 3.8) is 0 Å². The van der Waals surface area contributed by atoms with Crippen molar-refractivity contribution in [1.82, 2.24) is 4.98 Å². The summed E-state index contributed by atoms with van der Waals surface area (Å²) >= 11 is 6.23. The van der Waals surface area contributed by atoms with Gasteiger partial charge < -0.3 is 30.4 Å². The van der Waals surface area contributed by atoms with Crippen molar-refractivity contribution in [2.45, 2.75) is 20.0 Å². The molecule has 0 spiro atoms. The van der Waals surface area contributed by atoms with Gasteiger partial charge in [-0.25, -0.2) is 9.59 Å². The van der Waals surface area contributed by atoms with Gasteiger partial charge in [0.05, 0.1) is 18.2 Å². The Morgan fingerprint density at radius 2 is 1.78 bits per heavy atom.